The maximum Gasteiger partial charge on any atom is 0.122 e. The molecule has 1 fully saturated rings. The van der Waals surface area contributed by atoms with E-state index in [0.29, 0.717) is 10.0 Å². The average Bonchev–Trinajstić information content (AvgIpc) is 2.80. The largest absolute Gasteiger partial charge is 0.493 e. The molecular formula is C14H19Cl2NO. The molecule has 1 aliphatic heterocycles. The van der Waals surface area contributed by atoms with Crippen molar-refractivity contribution >= 4 is 23.2 Å². The smallest absolute Gasteiger partial charge is 0.122 e. The second kappa shape index (κ2) is 7.22. The molecule has 1 unspecified atom stereocenters. The first-order valence-corrected chi connectivity index (χ1v) is 7.29. The molecule has 0 spiro atoms. The lowest BCUT2D eigenvalue weighted by Crippen LogP contribution is -2.09. The standard InChI is InChI=1S/C14H19Cl2NO/c15-12-7-13(16)9-14(8-12)18-6-2-1-3-11-4-5-17-10-11/h7-9,11,17H,1-6,10H2. The molecule has 0 aromatic heterocycles. The van der Waals surface area contributed by atoms with Crippen molar-refractivity contribution in [2.24, 2.45) is 5.92 Å². The Labute approximate surface area is 119 Å². The van der Waals surface area contributed by atoms with Gasteiger partial charge in [0.25, 0.3) is 0 Å². The second-order valence-electron chi connectivity index (χ2n) is 4.81. The molecule has 1 aromatic carbocycles. The number of hydrogen-bond acceptors (Lipinski definition) is 2. The van der Waals surface area contributed by atoms with Crippen molar-refractivity contribution < 1.29 is 4.74 Å². The van der Waals surface area contributed by atoms with Crippen LogP contribution in [0.3, 0.4) is 0 Å². The summed E-state index contributed by atoms with van der Waals surface area (Å²) in [5, 5.41) is 4.63. The predicted octanol–water partition coefficient (Wildman–Crippen LogP) is 4.15. The normalized spacial score (nSPS) is 19.1. The summed E-state index contributed by atoms with van der Waals surface area (Å²) < 4.78 is 5.65. The van der Waals surface area contributed by atoms with Gasteiger partial charge < -0.3 is 10.1 Å². The number of benzene rings is 1. The van der Waals surface area contributed by atoms with E-state index in [-0.39, 0.29) is 0 Å². The van der Waals surface area contributed by atoms with E-state index in [1.54, 1.807) is 18.2 Å². The highest BCUT2D eigenvalue weighted by Crippen LogP contribution is 2.24. The molecule has 1 saturated heterocycles. The maximum absolute atomic E-state index is 5.90. The van der Waals surface area contributed by atoms with Crippen LogP contribution in [0.4, 0.5) is 0 Å². The third-order valence-electron chi connectivity index (χ3n) is 3.27. The molecule has 0 bridgehead atoms. The minimum absolute atomic E-state index is 0.620. The lowest BCUT2D eigenvalue weighted by Gasteiger charge is -2.09. The number of hydrogen-bond donors (Lipinski definition) is 1. The summed E-state index contributed by atoms with van der Waals surface area (Å²) in [6.45, 7) is 3.10. The Bertz CT molecular complexity index is 358. The molecular weight excluding hydrogens is 269 g/mol. The van der Waals surface area contributed by atoms with Gasteiger partial charge in [0.1, 0.15) is 5.75 Å². The van der Waals surface area contributed by atoms with Gasteiger partial charge in [-0.3, -0.25) is 0 Å². The Kier molecular flexibility index (Phi) is 5.61. The van der Waals surface area contributed by atoms with Crippen molar-refractivity contribution in [3.8, 4) is 5.75 Å². The molecule has 0 radical (unpaired) electrons. The zero-order chi connectivity index (χ0) is 12.8. The van der Waals surface area contributed by atoms with Gasteiger partial charge in [-0.15, -0.1) is 0 Å². The van der Waals surface area contributed by atoms with E-state index in [0.717, 1.165) is 24.7 Å². The van der Waals surface area contributed by atoms with Gasteiger partial charge in [-0.05, 0) is 62.9 Å². The fourth-order valence-electron chi connectivity index (χ4n) is 2.30. The zero-order valence-corrected chi connectivity index (χ0v) is 11.9. The summed E-state index contributed by atoms with van der Waals surface area (Å²) in [7, 11) is 0. The molecule has 0 amide bonds. The van der Waals surface area contributed by atoms with E-state index < -0.39 is 0 Å². The Morgan fingerprint density at radius 2 is 1.94 bits per heavy atom. The Balaban J connectivity index is 1.62. The summed E-state index contributed by atoms with van der Waals surface area (Å²) in [5.74, 6) is 1.63. The third-order valence-corrected chi connectivity index (χ3v) is 3.71. The van der Waals surface area contributed by atoms with Gasteiger partial charge in [-0.25, -0.2) is 0 Å². The summed E-state index contributed by atoms with van der Waals surface area (Å²) >= 11 is 11.8. The van der Waals surface area contributed by atoms with Crippen molar-refractivity contribution in [2.75, 3.05) is 19.7 Å². The summed E-state index contributed by atoms with van der Waals surface area (Å²) in [5.41, 5.74) is 0. The molecule has 0 saturated carbocycles. The molecule has 1 aliphatic rings. The summed E-state index contributed by atoms with van der Waals surface area (Å²) in [6.07, 6.45) is 4.93. The first kappa shape index (κ1) is 14.0. The Morgan fingerprint density at radius 3 is 2.61 bits per heavy atom. The molecule has 100 valence electrons. The van der Waals surface area contributed by atoms with Crippen LogP contribution in [0.1, 0.15) is 25.7 Å². The quantitative estimate of drug-likeness (QED) is 0.794. The SMILES string of the molecule is Clc1cc(Cl)cc(OCCCCC2CCNC2)c1. The number of halogens is 2. The third kappa shape index (κ3) is 4.68. The monoisotopic (exact) mass is 287 g/mol. The lowest BCUT2D eigenvalue weighted by molar-refractivity contribution is 0.300. The van der Waals surface area contributed by atoms with E-state index in [1.807, 2.05) is 0 Å². The van der Waals surface area contributed by atoms with Crippen LogP contribution < -0.4 is 10.1 Å². The molecule has 4 heteroatoms. The number of unbranched alkanes of at least 4 members (excludes halogenated alkanes) is 1. The molecule has 2 rings (SSSR count). The molecule has 1 atom stereocenters. The molecule has 1 heterocycles. The maximum atomic E-state index is 5.90. The van der Waals surface area contributed by atoms with Crippen molar-refractivity contribution in [1.82, 2.24) is 5.32 Å². The van der Waals surface area contributed by atoms with Gasteiger partial charge in [0.2, 0.25) is 0 Å². The van der Waals surface area contributed by atoms with Crippen LogP contribution in [0.15, 0.2) is 18.2 Å². The molecule has 1 aromatic rings. The minimum atomic E-state index is 0.620. The Hall–Kier alpha value is -0.440. The van der Waals surface area contributed by atoms with Crippen LogP contribution in [0.2, 0.25) is 10.0 Å². The van der Waals surface area contributed by atoms with E-state index in [4.69, 9.17) is 27.9 Å². The molecule has 2 nitrogen and oxygen atoms in total. The molecule has 18 heavy (non-hydrogen) atoms. The van der Waals surface area contributed by atoms with E-state index in [9.17, 15) is 0 Å². The molecule has 1 N–H and O–H groups in total. The highest BCUT2D eigenvalue weighted by molar-refractivity contribution is 6.34. The van der Waals surface area contributed by atoms with Gasteiger partial charge in [-0.1, -0.05) is 23.2 Å². The fourth-order valence-corrected chi connectivity index (χ4v) is 2.80. The van der Waals surface area contributed by atoms with Crippen molar-refractivity contribution in [3.05, 3.63) is 28.2 Å². The number of nitrogens with one attached hydrogen (secondary N) is 1. The topological polar surface area (TPSA) is 21.3 Å². The van der Waals surface area contributed by atoms with Crippen LogP contribution >= 0.6 is 23.2 Å². The molecule has 0 aliphatic carbocycles. The van der Waals surface area contributed by atoms with Gasteiger partial charge in [0.15, 0.2) is 0 Å². The van der Waals surface area contributed by atoms with Crippen LogP contribution in [0.5, 0.6) is 5.75 Å². The van der Waals surface area contributed by atoms with Crippen LogP contribution in [-0.4, -0.2) is 19.7 Å². The Morgan fingerprint density at radius 1 is 1.17 bits per heavy atom. The zero-order valence-electron chi connectivity index (χ0n) is 10.4. The average molecular weight is 288 g/mol. The first-order chi connectivity index (χ1) is 8.74. The van der Waals surface area contributed by atoms with Gasteiger partial charge in [0.05, 0.1) is 6.61 Å². The second-order valence-corrected chi connectivity index (χ2v) is 5.68. The van der Waals surface area contributed by atoms with Crippen LogP contribution in [0.25, 0.3) is 0 Å². The van der Waals surface area contributed by atoms with E-state index >= 15 is 0 Å². The number of rotatable bonds is 6. The first-order valence-electron chi connectivity index (χ1n) is 6.53. The van der Waals surface area contributed by atoms with Crippen molar-refractivity contribution in [2.45, 2.75) is 25.7 Å². The van der Waals surface area contributed by atoms with E-state index in [2.05, 4.69) is 5.32 Å². The van der Waals surface area contributed by atoms with E-state index in [1.165, 1.54) is 32.4 Å². The summed E-state index contributed by atoms with van der Waals surface area (Å²) in [6, 6.07) is 5.31. The lowest BCUT2D eigenvalue weighted by atomic mass is 10.0. The van der Waals surface area contributed by atoms with Crippen LogP contribution in [0, 0.1) is 5.92 Å². The predicted molar refractivity (Wildman–Crippen MR) is 76.8 cm³/mol. The summed E-state index contributed by atoms with van der Waals surface area (Å²) in [4.78, 5) is 0. The highest BCUT2D eigenvalue weighted by atomic mass is 35.5. The highest BCUT2D eigenvalue weighted by Gasteiger charge is 2.13. The van der Waals surface area contributed by atoms with Crippen molar-refractivity contribution in [3.63, 3.8) is 0 Å². The van der Waals surface area contributed by atoms with Crippen molar-refractivity contribution in [1.29, 1.82) is 0 Å². The minimum Gasteiger partial charge on any atom is -0.493 e. The van der Waals surface area contributed by atoms with Gasteiger partial charge in [-0.2, -0.15) is 0 Å². The van der Waals surface area contributed by atoms with Crippen LogP contribution in [-0.2, 0) is 0 Å². The number of ether oxygens (including phenoxy) is 1. The van der Waals surface area contributed by atoms with Gasteiger partial charge >= 0.3 is 0 Å². The van der Waals surface area contributed by atoms with Gasteiger partial charge in [0, 0.05) is 10.0 Å². The fraction of sp³-hybridized carbons (Fsp3) is 0.571.